The lowest BCUT2D eigenvalue weighted by molar-refractivity contribution is 0.535. The molecule has 2 nitrogen and oxygen atoms in total. The lowest BCUT2D eigenvalue weighted by Gasteiger charge is -2.09. The number of nitrogens with one attached hydrogen (secondary N) is 1. The van der Waals surface area contributed by atoms with E-state index in [1.165, 1.54) is 18.2 Å². The standard InChI is InChI=1S/C12H7BrF3NOS/c13-7-3-1-6-10(11(7)16)17-19(18)12-8(14)4-2-5-9(12)15/h1-6,17H. The Morgan fingerprint density at radius 3 is 2.21 bits per heavy atom. The Morgan fingerprint density at radius 1 is 1.00 bits per heavy atom. The minimum Gasteiger partial charge on any atom is -0.298 e. The predicted octanol–water partition coefficient (Wildman–Crippen LogP) is 4.00. The first-order valence-corrected chi connectivity index (χ1v) is 7.01. The van der Waals surface area contributed by atoms with Gasteiger partial charge in [0.2, 0.25) is 0 Å². The van der Waals surface area contributed by atoms with Crippen molar-refractivity contribution < 1.29 is 17.4 Å². The van der Waals surface area contributed by atoms with Crippen molar-refractivity contribution in [3.8, 4) is 0 Å². The van der Waals surface area contributed by atoms with Crippen LogP contribution >= 0.6 is 15.9 Å². The molecule has 0 bridgehead atoms. The Kier molecular flexibility index (Phi) is 4.26. The van der Waals surface area contributed by atoms with Crippen LogP contribution in [0.3, 0.4) is 0 Å². The number of anilines is 1. The summed E-state index contributed by atoms with van der Waals surface area (Å²) < 4.78 is 54.7. The van der Waals surface area contributed by atoms with Gasteiger partial charge >= 0.3 is 0 Å². The second-order valence-electron chi connectivity index (χ2n) is 3.52. The molecule has 0 aromatic heterocycles. The molecule has 0 amide bonds. The highest BCUT2D eigenvalue weighted by molar-refractivity contribution is 9.10. The van der Waals surface area contributed by atoms with Crippen LogP contribution in [0.15, 0.2) is 45.8 Å². The van der Waals surface area contributed by atoms with Crippen molar-refractivity contribution in [3.05, 3.63) is 58.3 Å². The Balaban J connectivity index is 2.34. The molecular weight excluding hydrogens is 343 g/mol. The zero-order chi connectivity index (χ0) is 14.0. The number of halogens is 4. The zero-order valence-electron chi connectivity index (χ0n) is 9.29. The lowest BCUT2D eigenvalue weighted by Crippen LogP contribution is -2.10. The van der Waals surface area contributed by atoms with Gasteiger partial charge < -0.3 is 0 Å². The molecule has 0 radical (unpaired) electrons. The Morgan fingerprint density at radius 2 is 1.58 bits per heavy atom. The normalized spacial score (nSPS) is 12.2. The minimum atomic E-state index is -2.24. The van der Waals surface area contributed by atoms with E-state index < -0.39 is 33.3 Å². The molecule has 1 atom stereocenters. The van der Waals surface area contributed by atoms with E-state index in [2.05, 4.69) is 20.7 Å². The summed E-state index contributed by atoms with van der Waals surface area (Å²) in [5.74, 6) is -2.60. The Hall–Kier alpha value is -1.34. The summed E-state index contributed by atoms with van der Waals surface area (Å²) in [5.41, 5.74) is -0.115. The van der Waals surface area contributed by atoms with E-state index in [-0.39, 0.29) is 10.2 Å². The molecule has 0 aliphatic carbocycles. The fourth-order valence-corrected chi connectivity index (χ4v) is 2.71. The van der Waals surface area contributed by atoms with Crippen LogP contribution in [-0.4, -0.2) is 4.21 Å². The third-order valence-corrected chi connectivity index (χ3v) is 4.04. The molecule has 2 aromatic carbocycles. The van der Waals surface area contributed by atoms with E-state index in [1.54, 1.807) is 0 Å². The third-order valence-electron chi connectivity index (χ3n) is 2.26. The van der Waals surface area contributed by atoms with Gasteiger partial charge in [-0.25, -0.2) is 17.4 Å². The maximum atomic E-state index is 13.6. The SMILES string of the molecule is O=S(Nc1cccc(Br)c1F)c1c(F)cccc1F. The minimum absolute atomic E-state index is 0.115. The molecule has 2 aromatic rings. The first-order chi connectivity index (χ1) is 9.00. The smallest absolute Gasteiger partial charge is 0.161 e. The lowest BCUT2D eigenvalue weighted by atomic mass is 10.3. The highest BCUT2D eigenvalue weighted by atomic mass is 79.9. The number of rotatable bonds is 3. The van der Waals surface area contributed by atoms with Crippen molar-refractivity contribution in [1.82, 2.24) is 0 Å². The Labute approximate surface area is 118 Å². The van der Waals surface area contributed by atoms with Gasteiger partial charge in [0.25, 0.3) is 0 Å². The predicted molar refractivity (Wildman–Crippen MR) is 70.5 cm³/mol. The van der Waals surface area contributed by atoms with Crippen LogP contribution in [-0.2, 0) is 11.0 Å². The fraction of sp³-hybridized carbons (Fsp3) is 0. The van der Waals surface area contributed by atoms with Crippen molar-refractivity contribution in [1.29, 1.82) is 0 Å². The maximum Gasteiger partial charge on any atom is 0.161 e. The van der Waals surface area contributed by atoms with Crippen LogP contribution in [0.25, 0.3) is 0 Å². The van der Waals surface area contributed by atoms with Gasteiger partial charge in [0.15, 0.2) is 16.8 Å². The van der Waals surface area contributed by atoms with Gasteiger partial charge in [0.1, 0.15) is 16.5 Å². The summed E-state index contributed by atoms with van der Waals surface area (Å²) in [5, 5.41) is 0. The van der Waals surface area contributed by atoms with Crippen LogP contribution in [0.2, 0.25) is 0 Å². The third kappa shape index (κ3) is 2.98. The summed E-state index contributed by atoms with van der Waals surface area (Å²) in [6.45, 7) is 0. The molecule has 0 fully saturated rings. The molecule has 0 spiro atoms. The fourth-order valence-electron chi connectivity index (χ4n) is 1.39. The van der Waals surface area contributed by atoms with E-state index in [9.17, 15) is 17.4 Å². The second kappa shape index (κ2) is 5.75. The highest BCUT2D eigenvalue weighted by Crippen LogP contribution is 2.25. The molecule has 19 heavy (non-hydrogen) atoms. The van der Waals surface area contributed by atoms with Crippen LogP contribution in [0, 0.1) is 17.5 Å². The molecule has 1 unspecified atom stereocenters. The summed E-state index contributed by atoms with van der Waals surface area (Å²) in [6, 6.07) is 7.39. The first kappa shape index (κ1) is 14.1. The molecule has 0 heterocycles. The maximum absolute atomic E-state index is 13.6. The number of hydrogen-bond donors (Lipinski definition) is 1. The van der Waals surface area contributed by atoms with Crippen LogP contribution in [0.5, 0.6) is 0 Å². The van der Waals surface area contributed by atoms with E-state index in [0.717, 1.165) is 18.2 Å². The summed E-state index contributed by atoms with van der Waals surface area (Å²) in [4.78, 5) is -0.637. The van der Waals surface area contributed by atoms with Crippen LogP contribution in [0.4, 0.5) is 18.9 Å². The summed E-state index contributed by atoms with van der Waals surface area (Å²) in [7, 11) is -2.24. The second-order valence-corrected chi connectivity index (χ2v) is 5.53. The topological polar surface area (TPSA) is 29.1 Å². The van der Waals surface area contributed by atoms with Crippen molar-refractivity contribution in [2.45, 2.75) is 4.90 Å². The average Bonchev–Trinajstić information content (AvgIpc) is 2.35. The molecule has 100 valence electrons. The van der Waals surface area contributed by atoms with E-state index in [4.69, 9.17) is 0 Å². The quantitative estimate of drug-likeness (QED) is 0.891. The van der Waals surface area contributed by atoms with Crippen molar-refractivity contribution in [2.75, 3.05) is 4.72 Å². The van der Waals surface area contributed by atoms with Crippen LogP contribution < -0.4 is 4.72 Å². The Bertz CT molecular complexity index is 631. The van der Waals surface area contributed by atoms with Gasteiger partial charge in [0.05, 0.1) is 10.2 Å². The van der Waals surface area contributed by atoms with Crippen molar-refractivity contribution in [3.63, 3.8) is 0 Å². The van der Waals surface area contributed by atoms with Crippen molar-refractivity contribution in [2.24, 2.45) is 0 Å². The van der Waals surface area contributed by atoms with E-state index in [1.807, 2.05) is 0 Å². The van der Waals surface area contributed by atoms with Gasteiger partial charge in [-0.2, -0.15) is 0 Å². The largest absolute Gasteiger partial charge is 0.298 e. The van der Waals surface area contributed by atoms with Crippen LogP contribution in [0.1, 0.15) is 0 Å². The molecular formula is C12H7BrF3NOS. The molecule has 0 saturated heterocycles. The van der Waals surface area contributed by atoms with Gasteiger partial charge in [-0.1, -0.05) is 12.1 Å². The summed E-state index contributed by atoms with van der Waals surface area (Å²) in [6.07, 6.45) is 0. The molecule has 0 aliphatic rings. The summed E-state index contributed by atoms with van der Waals surface area (Å²) >= 11 is 2.96. The molecule has 7 heteroatoms. The monoisotopic (exact) mass is 349 g/mol. The molecule has 2 rings (SSSR count). The van der Waals surface area contributed by atoms with Crippen molar-refractivity contribution >= 4 is 32.6 Å². The molecule has 0 saturated carbocycles. The van der Waals surface area contributed by atoms with Gasteiger partial charge in [-0.15, -0.1) is 0 Å². The van der Waals surface area contributed by atoms with Gasteiger partial charge in [-0.05, 0) is 40.2 Å². The molecule has 0 aliphatic heterocycles. The van der Waals surface area contributed by atoms with Gasteiger partial charge in [-0.3, -0.25) is 4.72 Å². The van der Waals surface area contributed by atoms with E-state index >= 15 is 0 Å². The first-order valence-electron chi connectivity index (χ1n) is 5.07. The number of hydrogen-bond acceptors (Lipinski definition) is 1. The number of benzene rings is 2. The average molecular weight is 350 g/mol. The van der Waals surface area contributed by atoms with E-state index in [0.29, 0.717) is 0 Å². The zero-order valence-corrected chi connectivity index (χ0v) is 11.7. The van der Waals surface area contributed by atoms with Gasteiger partial charge in [0, 0.05) is 0 Å². The highest BCUT2D eigenvalue weighted by Gasteiger charge is 2.17. The molecule has 1 N–H and O–H groups in total.